The summed E-state index contributed by atoms with van der Waals surface area (Å²) in [5, 5.41) is 15.4. The van der Waals surface area contributed by atoms with Gasteiger partial charge in [-0.2, -0.15) is 0 Å². The van der Waals surface area contributed by atoms with Gasteiger partial charge in [-0.15, -0.1) is 34.2 Å². The van der Waals surface area contributed by atoms with Crippen molar-refractivity contribution in [3.63, 3.8) is 0 Å². The molecule has 2 N–H and O–H groups in total. The Morgan fingerprint density at radius 3 is 2.79 bits per heavy atom. The summed E-state index contributed by atoms with van der Waals surface area (Å²) in [5.74, 6) is 2.63. The molecular weight excluding hydrogens is 477 g/mol. The Balaban J connectivity index is 0.00000240. The Kier molecular flexibility index (Phi) is 8.53. The minimum absolute atomic E-state index is 0. The van der Waals surface area contributed by atoms with E-state index in [9.17, 15) is 0 Å². The number of hydrogen-bond donors (Lipinski definition) is 2. The lowest BCUT2D eigenvalue weighted by Gasteiger charge is -2.31. The van der Waals surface area contributed by atoms with Crippen LogP contribution in [0.4, 0.5) is 0 Å². The number of fused-ring (bicyclic) bond motifs is 1. The van der Waals surface area contributed by atoms with E-state index >= 15 is 0 Å². The smallest absolute Gasteiger partial charge is 0.191 e. The summed E-state index contributed by atoms with van der Waals surface area (Å²) in [6.07, 6.45) is 11.7. The summed E-state index contributed by atoms with van der Waals surface area (Å²) in [6.45, 7) is 4.08. The minimum Gasteiger partial charge on any atom is -0.355 e. The number of aromatic nitrogens is 3. The zero-order chi connectivity index (χ0) is 19.2. The molecule has 2 fully saturated rings. The monoisotopic (exact) mass is 511 g/mol. The first-order valence-corrected chi connectivity index (χ1v) is 10.8. The molecule has 0 radical (unpaired) electrons. The standard InChI is InChI=1S/C21H33N7.HI/c1-22-21(24-15-20-26-25-19-11-5-6-13-28(19)20)23-14-18-10-7-12-27(18)16-17-8-3-2-4-9-17;/h5-6,11,13,17-18H,2-4,7-10,12,14-16H2,1H3,(H2,22,23,24);1H. The van der Waals surface area contributed by atoms with Gasteiger partial charge in [0.05, 0.1) is 6.54 Å². The molecule has 2 aliphatic rings. The number of pyridine rings is 1. The summed E-state index contributed by atoms with van der Waals surface area (Å²) in [6, 6.07) is 6.55. The maximum atomic E-state index is 4.39. The fourth-order valence-corrected chi connectivity index (χ4v) is 4.68. The Morgan fingerprint density at radius 1 is 1.10 bits per heavy atom. The zero-order valence-electron chi connectivity index (χ0n) is 17.4. The third-order valence-corrected chi connectivity index (χ3v) is 6.24. The van der Waals surface area contributed by atoms with Gasteiger partial charge in [0.2, 0.25) is 0 Å². The van der Waals surface area contributed by atoms with Crippen LogP contribution in [0.15, 0.2) is 29.4 Å². The predicted molar refractivity (Wildman–Crippen MR) is 128 cm³/mol. The van der Waals surface area contributed by atoms with E-state index in [-0.39, 0.29) is 24.0 Å². The molecule has 2 aromatic heterocycles. The molecular formula is C21H34IN7. The van der Waals surface area contributed by atoms with Gasteiger partial charge in [-0.3, -0.25) is 14.3 Å². The van der Waals surface area contributed by atoms with Gasteiger partial charge < -0.3 is 10.6 Å². The Hall–Kier alpha value is -1.42. The molecule has 0 aromatic carbocycles. The van der Waals surface area contributed by atoms with Gasteiger partial charge in [0.15, 0.2) is 17.4 Å². The number of likely N-dealkylation sites (tertiary alicyclic amines) is 1. The highest BCUT2D eigenvalue weighted by molar-refractivity contribution is 14.0. The molecule has 0 spiro atoms. The van der Waals surface area contributed by atoms with Crippen LogP contribution in [0.3, 0.4) is 0 Å². The molecule has 1 aliphatic heterocycles. The van der Waals surface area contributed by atoms with Crippen LogP contribution in [0.5, 0.6) is 0 Å². The summed E-state index contributed by atoms with van der Waals surface area (Å²) in [4.78, 5) is 7.10. The van der Waals surface area contributed by atoms with Crippen LogP contribution in [0.2, 0.25) is 0 Å². The molecule has 0 amide bonds. The number of hydrogen-bond acceptors (Lipinski definition) is 4. The molecule has 160 valence electrons. The van der Waals surface area contributed by atoms with Crippen molar-refractivity contribution in [2.75, 3.05) is 26.7 Å². The van der Waals surface area contributed by atoms with E-state index < -0.39 is 0 Å². The van der Waals surface area contributed by atoms with Crippen LogP contribution < -0.4 is 10.6 Å². The second-order valence-electron chi connectivity index (χ2n) is 8.15. The number of nitrogens with one attached hydrogen (secondary N) is 2. The molecule has 7 nitrogen and oxygen atoms in total. The van der Waals surface area contributed by atoms with Crippen molar-refractivity contribution in [3.8, 4) is 0 Å². The van der Waals surface area contributed by atoms with Crippen LogP contribution in [0.1, 0.15) is 50.8 Å². The first kappa shape index (κ1) is 22.3. The lowest BCUT2D eigenvalue weighted by Crippen LogP contribution is -2.45. The van der Waals surface area contributed by atoms with Crippen molar-refractivity contribution in [1.29, 1.82) is 0 Å². The van der Waals surface area contributed by atoms with Gasteiger partial charge in [-0.05, 0) is 50.3 Å². The van der Waals surface area contributed by atoms with E-state index in [1.54, 1.807) is 0 Å². The third kappa shape index (κ3) is 5.81. The maximum Gasteiger partial charge on any atom is 0.191 e. The highest BCUT2D eigenvalue weighted by atomic mass is 127. The summed E-state index contributed by atoms with van der Waals surface area (Å²) in [7, 11) is 1.83. The Labute approximate surface area is 190 Å². The van der Waals surface area contributed by atoms with Crippen LogP contribution in [0, 0.1) is 5.92 Å². The van der Waals surface area contributed by atoms with E-state index in [1.807, 2.05) is 35.8 Å². The normalized spacial score (nSPS) is 21.3. The Bertz CT molecular complexity index is 784. The van der Waals surface area contributed by atoms with Crippen LogP contribution in [-0.2, 0) is 6.54 Å². The average molecular weight is 511 g/mol. The van der Waals surface area contributed by atoms with Crippen molar-refractivity contribution in [2.45, 2.75) is 57.5 Å². The maximum absolute atomic E-state index is 4.39. The Morgan fingerprint density at radius 2 is 1.97 bits per heavy atom. The van der Waals surface area contributed by atoms with Crippen LogP contribution >= 0.6 is 24.0 Å². The van der Waals surface area contributed by atoms with Crippen LogP contribution in [0.25, 0.3) is 5.65 Å². The third-order valence-electron chi connectivity index (χ3n) is 6.24. The lowest BCUT2D eigenvalue weighted by atomic mass is 9.89. The highest BCUT2D eigenvalue weighted by Crippen LogP contribution is 2.27. The number of guanidine groups is 1. The lowest BCUT2D eigenvalue weighted by molar-refractivity contribution is 0.188. The second kappa shape index (κ2) is 11.1. The van der Waals surface area contributed by atoms with Crippen molar-refractivity contribution >= 4 is 35.6 Å². The molecule has 2 aromatic rings. The number of aliphatic imine (C=N–C) groups is 1. The molecule has 4 rings (SSSR count). The second-order valence-corrected chi connectivity index (χ2v) is 8.15. The largest absolute Gasteiger partial charge is 0.355 e. The molecule has 8 heteroatoms. The minimum atomic E-state index is 0. The van der Waals surface area contributed by atoms with E-state index in [2.05, 4.69) is 30.7 Å². The van der Waals surface area contributed by atoms with Gasteiger partial charge in [-0.25, -0.2) is 0 Å². The predicted octanol–water partition coefficient (Wildman–Crippen LogP) is 3.06. The quantitative estimate of drug-likeness (QED) is 0.355. The zero-order valence-corrected chi connectivity index (χ0v) is 19.7. The van der Waals surface area contributed by atoms with Gasteiger partial charge in [-0.1, -0.05) is 25.3 Å². The first-order chi connectivity index (χ1) is 13.8. The van der Waals surface area contributed by atoms with Crippen molar-refractivity contribution in [1.82, 2.24) is 30.1 Å². The summed E-state index contributed by atoms with van der Waals surface area (Å²) < 4.78 is 2.00. The molecule has 3 heterocycles. The van der Waals surface area contributed by atoms with Crippen molar-refractivity contribution in [2.24, 2.45) is 10.9 Å². The van der Waals surface area contributed by atoms with E-state index in [1.165, 1.54) is 58.0 Å². The SMILES string of the molecule is CN=C(NCc1nnc2ccccn12)NCC1CCCN1CC1CCCCC1.I. The molecule has 1 saturated heterocycles. The summed E-state index contributed by atoms with van der Waals surface area (Å²) >= 11 is 0. The number of nitrogens with zero attached hydrogens (tertiary/aromatic N) is 5. The first-order valence-electron chi connectivity index (χ1n) is 10.8. The fourth-order valence-electron chi connectivity index (χ4n) is 4.68. The molecule has 1 unspecified atom stereocenters. The molecule has 1 aliphatic carbocycles. The number of rotatable bonds is 6. The molecule has 1 saturated carbocycles. The highest BCUT2D eigenvalue weighted by Gasteiger charge is 2.27. The van der Waals surface area contributed by atoms with E-state index in [0.717, 1.165) is 29.9 Å². The van der Waals surface area contributed by atoms with Gasteiger partial charge in [0.25, 0.3) is 0 Å². The average Bonchev–Trinajstić information content (AvgIpc) is 3.36. The van der Waals surface area contributed by atoms with Gasteiger partial charge in [0, 0.05) is 32.4 Å². The summed E-state index contributed by atoms with van der Waals surface area (Å²) in [5.41, 5.74) is 0.867. The van der Waals surface area contributed by atoms with Gasteiger partial charge >= 0.3 is 0 Å². The van der Waals surface area contributed by atoms with Crippen molar-refractivity contribution in [3.05, 3.63) is 30.2 Å². The molecule has 1 atom stereocenters. The van der Waals surface area contributed by atoms with Crippen LogP contribution in [-0.4, -0.2) is 58.2 Å². The van der Waals surface area contributed by atoms with E-state index in [4.69, 9.17) is 0 Å². The fraction of sp³-hybridized carbons (Fsp3) is 0.667. The van der Waals surface area contributed by atoms with Crippen molar-refractivity contribution < 1.29 is 0 Å². The number of halogens is 1. The van der Waals surface area contributed by atoms with Gasteiger partial charge in [0.1, 0.15) is 0 Å². The topological polar surface area (TPSA) is 69.8 Å². The molecule has 29 heavy (non-hydrogen) atoms. The van der Waals surface area contributed by atoms with E-state index in [0.29, 0.717) is 12.6 Å². The molecule has 0 bridgehead atoms.